The number of hydrogen-bond acceptors (Lipinski definition) is 7. The van der Waals surface area contributed by atoms with Crippen molar-refractivity contribution in [2.45, 2.75) is 0 Å². The van der Waals surface area contributed by atoms with Crippen molar-refractivity contribution in [2.75, 3.05) is 13.9 Å². The van der Waals surface area contributed by atoms with Crippen molar-refractivity contribution in [1.82, 2.24) is 0 Å². The Balaban J connectivity index is 2.35. The first-order chi connectivity index (χ1) is 12.5. The molecule has 3 aromatic rings. The Morgan fingerprint density at radius 3 is 2.62 bits per heavy atom. The van der Waals surface area contributed by atoms with Gasteiger partial charge in [0.15, 0.2) is 17.2 Å². The molecular weight excluding hydrogens is 346 g/mol. The fourth-order valence-electron chi connectivity index (χ4n) is 3.32. The molecule has 1 atom stereocenters. The molecule has 3 aromatic carbocycles. The van der Waals surface area contributed by atoms with Crippen LogP contribution in [-0.4, -0.2) is 35.3 Å². The number of quaternary nitrogens is 1. The van der Waals surface area contributed by atoms with Crippen molar-refractivity contribution >= 4 is 33.2 Å². The number of hydrogen-bond donors (Lipinski definition) is 4. The van der Waals surface area contributed by atoms with Gasteiger partial charge in [0.2, 0.25) is 12.5 Å². The summed E-state index contributed by atoms with van der Waals surface area (Å²) in [5.41, 5.74) is -0.839. The highest BCUT2D eigenvalue weighted by molar-refractivity contribution is 6.23. The number of phenols is 1. The summed E-state index contributed by atoms with van der Waals surface area (Å²) >= 11 is 0. The van der Waals surface area contributed by atoms with Crippen molar-refractivity contribution in [3.05, 3.63) is 35.0 Å². The van der Waals surface area contributed by atoms with E-state index in [1.165, 1.54) is 13.2 Å². The maximum atomic E-state index is 11.9. The molecule has 4 rings (SSSR count). The second kappa shape index (κ2) is 5.63. The third-order valence-corrected chi connectivity index (χ3v) is 4.35. The number of aromatic hydroxyl groups is 1. The van der Waals surface area contributed by atoms with E-state index < -0.39 is 22.5 Å². The van der Waals surface area contributed by atoms with Crippen LogP contribution >= 0.6 is 0 Å². The van der Waals surface area contributed by atoms with Crippen molar-refractivity contribution in [3.63, 3.8) is 0 Å². The summed E-state index contributed by atoms with van der Waals surface area (Å²) in [7, 11) is 1.45. The Morgan fingerprint density at radius 1 is 1.23 bits per heavy atom. The van der Waals surface area contributed by atoms with Crippen molar-refractivity contribution in [1.29, 1.82) is 0 Å². The maximum Gasteiger partial charge on any atom is 0.340 e. The molecule has 0 aliphatic carbocycles. The Morgan fingerprint density at radius 2 is 1.96 bits per heavy atom. The van der Waals surface area contributed by atoms with Crippen LogP contribution in [0, 0.1) is 5.21 Å². The van der Waals surface area contributed by atoms with E-state index in [0.717, 1.165) is 0 Å². The van der Waals surface area contributed by atoms with Crippen LogP contribution in [0.5, 0.6) is 23.0 Å². The largest absolute Gasteiger partial charge is 0.595 e. The standard InChI is InChI=1S/C17H13NO8/c1-24-10-4-2-3-7-8(10)5-9(18(22)23)12-11(7)15-16(26-6-25-15)14(19)13(12)17(20)21/h2-5,18-19,22H,6H2,1H3,(H,20,21). The fourth-order valence-corrected chi connectivity index (χ4v) is 3.32. The van der Waals surface area contributed by atoms with Gasteiger partial charge in [0, 0.05) is 16.8 Å². The Labute approximate surface area is 145 Å². The number of carboxylic acid groups (broad SMARTS) is 1. The predicted octanol–water partition coefficient (Wildman–Crippen LogP) is 1.54. The molecule has 1 aliphatic rings. The van der Waals surface area contributed by atoms with Crippen LogP contribution < -0.4 is 19.4 Å². The van der Waals surface area contributed by atoms with Crippen molar-refractivity contribution < 1.29 is 39.7 Å². The number of nitrogens with one attached hydrogen (secondary N) is 1. The number of methoxy groups -OCH3 is 1. The average molecular weight is 359 g/mol. The smallest absolute Gasteiger partial charge is 0.340 e. The van der Waals surface area contributed by atoms with Gasteiger partial charge in [0.25, 0.3) is 0 Å². The van der Waals surface area contributed by atoms with E-state index in [9.17, 15) is 25.4 Å². The molecule has 0 aromatic heterocycles. The Kier molecular flexibility index (Phi) is 3.51. The zero-order chi connectivity index (χ0) is 18.6. The lowest BCUT2D eigenvalue weighted by Crippen LogP contribution is -2.99. The summed E-state index contributed by atoms with van der Waals surface area (Å²) in [6.07, 6.45) is 0. The molecule has 9 heteroatoms. The van der Waals surface area contributed by atoms with E-state index in [4.69, 9.17) is 14.2 Å². The van der Waals surface area contributed by atoms with E-state index in [-0.39, 0.29) is 34.8 Å². The molecule has 1 aliphatic heterocycles. The number of benzene rings is 3. The van der Waals surface area contributed by atoms with Gasteiger partial charge in [-0.1, -0.05) is 12.1 Å². The normalized spacial score (nSPS) is 14.0. The highest BCUT2D eigenvalue weighted by atomic mass is 16.8. The summed E-state index contributed by atoms with van der Waals surface area (Å²) < 4.78 is 16.0. The first kappa shape index (κ1) is 16.2. The Bertz CT molecular complexity index is 1080. The van der Waals surface area contributed by atoms with Gasteiger partial charge < -0.3 is 29.6 Å². The lowest BCUT2D eigenvalue weighted by Gasteiger charge is -2.19. The van der Waals surface area contributed by atoms with Gasteiger partial charge in [-0.2, -0.15) is 5.23 Å². The zero-order valence-electron chi connectivity index (χ0n) is 13.4. The lowest BCUT2D eigenvalue weighted by atomic mass is 9.94. The SMILES string of the molecule is COc1cccc2c1cc([NH+]([O-])O)c1c(C(=O)O)c(O)c3c(c12)OCO3. The maximum absolute atomic E-state index is 11.9. The monoisotopic (exact) mass is 359 g/mol. The minimum atomic E-state index is -1.48. The quantitative estimate of drug-likeness (QED) is 0.409. The van der Waals surface area contributed by atoms with E-state index in [1.54, 1.807) is 18.2 Å². The van der Waals surface area contributed by atoms with Gasteiger partial charge in [0.05, 0.1) is 12.5 Å². The molecule has 1 unspecified atom stereocenters. The van der Waals surface area contributed by atoms with Gasteiger partial charge in [-0.25, -0.2) is 10.0 Å². The second-order valence-electron chi connectivity index (χ2n) is 5.63. The van der Waals surface area contributed by atoms with Crippen LogP contribution in [-0.2, 0) is 0 Å². The molecule has 0 radical (unpaired) electrons. The van der Waals surface area contributed by atoms with Gasteiger partial charge in [-0.15, -0.1) is 0 Å². The van der Waals surface area contributed by atoms with Crippen molar-refractivity contribution in [2.24, 2.45) is 0 Å². The number of aromatic carboxylic acids is 1. The number of ether oxygens (including phenoxy) is 3. The lowest BCUT2D eigenvalue weighted by molar-refractivity contribution is -0.990. The zero-order valence-corrected chi connectivity index (χ0v) is 13.4. The molecule has 134 valence electrons. The molecule has 4 N–H and O–H groups in total. The highest BCUT2D eigenvalue weighted by Crippen LogP contribution is 2.52. The number of rotatable bonds is 3. The molecular formula is C17H13NO8. The molecule has 0 fully saturated rings. The third kappa shape index (κ3) is 2.05. The van der Waals surface area contributed by atoms with E-state index in [1.807, 2.05) is 0 Å². The number of fused-ring (bicyclic) bond motifs is 5. The summed E-state index contributed by atoms with van der Waals surface area (Å²) in [5.74, 6) is -1.74. The van der Waals surface area contributed by atoms with Crippen molar-refractivity contribution in [3.8, 4) is 23.0 Å². The number of carbonyl (C=O) groups is 1. The molecule has 1 heterocycles. The van der Waals surface area contributed by atoms with Gasteiger partial charge in [0.1, 0.15) is 11.3 Å². The minimum absolute atomic E-state index is 0.101. The van der Waals surface area contributed by atoms with Crippen LogP contribution in [0.15, 0.2) is 24.3 Å². The first-order valence-electron chi connectivity index (χ1n) is 7.50. The second-order valence-corrected chi connectivity index (χ2v) is 5.63. The summed E-state index contributed by atoms with van der Waals surface area (Å²) in [5, 5.41) is 41.2. The van der Waals surface area contributed by atoms with E-state index in [0.29, 0.717) is 16.5 Å². The predicted molar refractivity (Wildman–Crippen MR) is 88.5 cm³/mol. The van der Waals surface area contributed by atoms with Crippen LogP contribution in [0.1, 0.15) is 10.4 Å². The average Bonchev–Trinajstić information content (AvgIpc) is 3.09. The Hall–Kier alpha value is -3.27. The number of carboxylic acids is 1. The summed E-state index contributed by atoms with van der Waals surface area (Å²) in [6, 6.07) is 6.37. The van der Waals surface area contributed by atoms with Crippen LogP contribution in [0.3, 0.4) is 0 Å². The highest BCUT2D eigenvalue weighted by Gasteiger charge is 2.33. The molecule has 0 amide bonds. The summed E-state index contributed by atoms with van der Waals surface area (Å²) in [4.78, 5) is 11.8. The molecule has 9 nitrogen and oxygen atoms in total. The van der Waals surface area contributed by atoms with Gasteiger partial charge >= 0.3 is 5.97 Å². The van der Waals surface area contributed by atoms with E-state index >= 15 is 0 Å². The van der Waals surface area contributed by atoms with Gasteiger partial charge in [-0.3, -0.25) is 0 Å². The molecule has 0 saturated heterocycles. The van der Waals surface area contributed by atoms with Crippen LogP contribution in [0.25, 0.3) is 21.5 Å². The van der Waals surface area contributed by atoms with E-state index in [2.05, 4.69) is 0 Å². The molecule has 0 saturated carbocycles. The van der Waals surface area contributed by atoms with Crippen LogP contribution in [0.4, 0.5) is 5.69 Å². The third-order valence-electron chi connectivity index (χ3n) is 4.35. The van der Waals surface area contributed by atoms with Gasteiger partial charge in [-0.05, 0) is 11.5 Å². The summed E-state index contributed by atoms with van der Waals surface area (Å²) in [6.45, 7) is -0.218. The first-order valence-corrected chi connectivity index (χ1v) is 7.50. The molecule has 0 spiro atoms. The fraction of sp³-hybridized carbons (Fsp3) is 0.118. The van der Waals surface area contributed by atoms with Crippen LogP contribution in [0.2, 0.25) is 0 Å². The minimum Gasteiger partial charge on any atom is -0.595 e. The molecule has 26 heavy (non-hydrogen) atoms. The topological polar surface area (TPSA) is 133 Å². The molecule has 0 bridgehead atoms.